The second-order valence-corrected chi connectivity index (χ2v) is 5.90. The highest BCUT2D eigenvalue weighted by Crippen LogP contribution is 2.33. The zero-order valence-electron chi connectivity index (χ0n) is 12.6. The van der Waals surface area contributed by atoms with Gasteiger partial charge >= 0.3 is 5.97 Å². The minimum atomic E-state index is -1.28. The number of rotatable bonds is 5. The topological polar surface area (TPSA) is 95.9 Å². The summed E-state index contributed by atoms with van der Waals surface area (Å²) in [6.07, 6.45) is 1.30. The summed E-state index contributed by atoms with van der Waals surface area (Å²) in [5.74, 6) is -1.61. The molecule has 2 rings (SSSR count). The molecule has 1 amide bonds. The van der Waals surface area contributed by atoms with Crippen LogP contribution in [0.5, 0.6) is 11.5 Å². The number of carbonyl (C=O) groups is 2. The van der Waals surface area contributed by atoms with E-state index in [1.165, 1.54) is 19.3 Å². The SMILES string of the molecule is COc1cc(/C=C(/NC(=O)c2ccccc2)C(=O)O)cc(I)c1O. The van der Waals surface area contributed by atoms with Crippen LogP contribution in [0, 0.1) is 3.57 Å². The molecule has 0 spiro atoms. The molecule has 2 aromatic rings. The Kier molecular flexibility index (Phi) is 5.80. The van der Waals surface area contributed by atoms with Gasteiger partial charge in [-0.05, 0) is 58.5 Å². The Hall–Kier alpha value is -2.55. The van der Waals surface area contributed by atoms with Gasteiger partial charge in [-0.3, -0.25) is 4.79 Å². The predicted octanol–water partition coefficient (Wildman–Crippen LogP) is 2.86. The van der Waals surface area contributed by atoms with Crippen molar-refractivity contribution in [3.8, 4) is 11.5 Å². The van der Waals surface area contributed by atoms with Crippen LogP contribution >= 0.6 is 22.6 Å². The number of carboxylic acid groups (broad SMARTS) is 1. The number of phenols is 1. The van der Waals surface area contributed by atoms with E-state index in [2.05, 4.69) is 5.32 Å². The molecule has 0 aromatic heterocycles. The summed E-state index contributed by atoms with van der Waals surface area (Å²) in [4.78, 5) is 23.5. The van der Waals surface area contributed by atoms with Crippen molar-refractivity contribution < 1.29 is 24.5 Å². The van der Waals surface area contributed by atoms with Gasteiger partial charge in [0.2, 0.25) is 0 Å². The van der Waals surface area contributed by atoms with E-state index in [1.807, 2.05) is 22.6 Å². The van der Waals surface area contributed by atoms with E-state index in [9.17, 15) is 19.8 Å². The van der Waals surface area contributed by atoms with Gasteiger partial charge in [-0.1, -0.05) is 18.2 Å². The van der Waals surface area contributed by atoms with Crippen LogP contribution in [-0.4, -0.2) is 29.2 Å². The first-order valence-corrected chi connectivity index (χ1v) is 7.88. The van der Waals surface area contributed by atoms with E-state index in [4.69, 9.17) is 4.74 Å². The Morgan fingerprint density at radius 3 is 2.46 bits per heavy atom. The standard InChI is InChI=1S/C17H14INO5/c1-24-14-9-10(7-12(18)15(14)20)8-13(17(22)23)19-16(21)11-5-3-2-4-6-11/h2-9,20H,1H3,(H,19,21)(H,22,23)/b13-8+. The van der Waals surface area contributed by atoms with Gasteiger partial charge in [0.25, 0.3) is 5.91 Å². The van der Waals surface area contributed by atoms with Gasteiger partial charge in [-0.15, -0.1) is 0 Å². The first-order valence-electron chi connectivity index (χ1n) is 6.80. The quantitative estimate of drug-likeness (QED) is 0.492. The van der Waals surface area contributed by atoms with Crippen LogP contribution in [0.2, 0.25) is 0 Å². The van der Waals surface area contributed by atoms with Gasteiger partial charge in [0.1, 0.15) is 5.70 Å². The molecule has 0 fully saturated rings. The molecule has 0 saturated heterocycles. The number of ether oxygens (including phenoxy) is 1. The van der Waals surface area contributed by atoms with E-state index in [0.29, 0.717) is 14.7 Å². The maximum absolute atomic E-state index is 12.1. The van der Waals surface area contributed by atoms with Gasteiger partial charge in [-0.2, -0.15) is 0 Å². The summed E-state index contributed by atoms with van der Waals surface area (Å²) in [7, 11) is 1.40. The van der Waals surface area contributed by atoms with Gasteiger partial charge in [0, 0.05) is 5.56 Å². The Morgan fingerprint density at radius 2 is 1.88 bits per heavy atom. The number of carboxylic acids is 1. The summed E-state index contributed by atoms with van der Waals surface area (Å²) in [6.45, 7) is 0. The van der Waals surface area contributed by atoms with Crippen molar-refractivity contribution in [2.24, 2.45) is 0 Å². The molecule has 0 radical (unpaired) electrons. The van der Waals surface area contributed by atoms with Crippen LogP contribution in [0.15, 0.2) is 48.2 Å². The lowest BCUT2D eigenvalue weighted by Crippen LogP contribution is -2.27. The van der Waals surface area contributed by atoms with Crippen molar-refractivity contribution in [1.82, 2.24) is 5.32 Å². The molecule has 0 heterocycles. The minimum Gasteiger partial charge on any atom is -0.504 e. The third kappa shape index (κ3) is 4.25. The number of methoxy groups -OCH3 is 1. The highest BCUT2D eigenvalue weighted by Gasteiger charge is 2.14. The number of amides is 1. The van der Waals surface area contributed by atoms with Crippen LogP contribution in [0.25, 0.3) is 6.08 Å². The van der Waals surface area contributed by atoms with Crippen molar-refractivity contribution in [1.29, 1.82) is 0 Å². The molecular formula is C17H14INO5. The van der Waals surface area contributed by atoms with E-state index >= 15 is 0 Å². The molecule has 0 aliphatic heterocycles. The largest absolute Gasteiger partial charge is 0.504 e. The summed E-state index contributed by atoms with van der Waals surface area (Å²) in [5.41, 5.74) is 0.537. The Bertz CT molecular complexity index is 802. The molecule has 0 aliphatic carbocycles. The van der Waals surface area contributed by atoms with Crippen LogP contribution in [-0.2, 0) is 4.79 Å². The molecule has 0 aliphatic rings. The van der Waals surface area contributed by atoms with Crippen LogP contribution in [0.4, 0.5) is 0 Å². The van der Waals surface area contributed by atoms with Gasteiger partial charge < -0.3 is 20.3 Å². The number of halogens is 1. The average molecular weight is 439 g/mol. The molecule has 0 unspecified atom stereocenters. The van der Waals surface area contributed by atoms with Crippen molar-refractivity contribution in [2.75, 3.05) is 7.11 Å². The smallest absolute Gasteiger partial charge is 0.352 e. The lowest BCUT2D eigenvalue weighted by Gasteiger charge is -2.09. The second kappa shape index (κ2) is 7.82. The van der Waals surface area contributed by atoms with Crippen molar-refractivity contribution in [3.05, 3.63) is 62.9 Å². The average Bonchev–Trinajstić information content (AvgIpc) is 2.57. The molecule has 124 valence electrons. The summed E-state index contributed by atoms with van der Waals surface area (Å²) in [5, 5.41) is 21.5. The van der Waals surface area contributed by atoms with Gasteiger partial charge in [0.05, 0.1) is 10.7 Å². The molecule has 0 saturated carbocycles. The Labute approximate surface area is 151 Å². The fourth-order valence-corrected chi connectivity index (χ4v) is 2.56. The lowest BCUT2D eigenvalue weighted by molar-refractivity contribution is -0.132. The fraction of sp³-hybridized carbons (Fsp3) is 0.0588. The highest BCUT2D eigenvalue weighted by molar-refractivity contribution is 14.1. The van der Waals surface area contributed by atoms with Crippen molar-refractivity contribution in [2.45, 2.75) is 0 Å². The van der Waals surface area contributed by atoms with Gasteiger partial charge in [-0.25, -0.2) is 4.79 Å². The lowest BCUT2D eigenvalue weighted by atomic mass is 10.1. The number of nitrogens with one attached hydrogen (secondary N) is 1. The van der Waals surface area contributed by atoms with Crippen LogP contribution in [0.3, 0.4) is 0 Å². The Balaban J connectivity index is 2.34. The number of hydrogen-bond donors (Lipinski definition) is 3. The number of hydrogen-bond acceptors (Lipinski definition) is 4. The number of phenolic OH excluding ortho intramolecular Hbond substituents is 1. The van der Waals surface area contributed by atoms with E-state index in [0.717, 1.165) is 0 Å². The van der Waals surface area contributed by atoms with E-state index < -0.39 is 11.9 Å². The zero-order chi connectivity index (χ0) is 17.7. The molecule has 7 heteroatoms. The predicted molar refractivity (Wildman–Crippen MR) is 96.9 cm³/mol. The molecule has 3 N–H and O–H groups in total. The first kappa shape index (κ1) is 17.8. The van der Waals surface area contributed by atoms with Crippen molar-refractivity contribution >= 4 is 40.5 Å². The number of benzene rings is 2. The number of carbonyl (C=O) groups excluding carboxylic acids is 1. The summed E-state index contributed by atoms with van der Waals surface area (Å²) in [6, 6.07) is 11.4. The summed E-state index contributed by atoms with van der Waals surface area (Å²) >= 11 is 1.90. The van der Waals surface area contributed by atoms with Crippen molar-refractivity contribution in [3.63, 3.8) is 0 Å². The van der Waals surface area contributed by atoms with Crippen LogP contribution < -0.4 is 10.1 Å². The number of aliphatic carboxylic acids is 1. The van der Waals surface area contributed by atoms with Crippen LogP contribution in [0.1, 0.15) is 15.9 Å². The van der Waals surface area contributed by atoms with E-state index in [-0.39, 0.29) is 17.2 Å². The normalized spacial score (nSPS) is 11.0. The minimum absolute atomic E-state index is 0.0274. The molecule has 24 heavy (non-hydrogen) atoms. The highest BCUT2D eigenvalue weighted by atomic mass is 127. The third-order valence-corrected chi connectivity index (χ3v) is 3.92. The Morgan fingerprint density at radius 1 is 1.21 bits per heavy atom. The molecule has 2 aromatic carbocycles. The molecule has 0 atom stereocenters. The zero-order valence-corrected chi connectivity index (χ0v) is 14.8. The molecule has 6 nitrogen and oxygen atoms in total. The maximum Gasteiger partial charge on any atom is 0.352 e. The third-order valence-electron chi connectivity index (χ3n) is 3.10. The van der Waals surface area contributed by atoms with E-state index in [1.54, 1.807) is 36.4 Å². The first-order chi connectivity index (χ1) is 11.4. The maximum atomic E-state index is 12.1. The molecule has 0 bridgehead atoms. The second-order valence-electron chi connectivity index (χ2n) is 4.74. The molecular weight excluding hydrogens is 425 g/mol. The summed E-state index contributed by atoms with van der Waals surface area (Å²) < 4.78 is 5.54. The monoisotopic (exact) mass is 439 g/mol. The van der Waals surface area contributed by atoms with Gasteiger partial charge in [0.15, 0.2) is 11.5 Å². The fourth-order valence-electron chi connectivity index (χ4n) is 1.93. The number of aromatic hydroxyl groups is 1.